The molecule has 1 aliphatic carbocycles. The van der Waals surface area contributed by atoms with Crippen LogP contribution >= 0.6 is 0 Å². The van der Waals surface area contributed by atoms with Crippen LogP contribution in [0.2, 0.25) is 0 Å². The standard InChI is InChI=1S/C11H9NO3/c1-6(13)9-10(14)7-4-2-3-5-8(7)12-11(9)15/h2-5,7,14H,1H3. The van der Waals surface area contributed by atoms with Gasteiger partial charge in [0.25, 0.3) is 5.91 Å². The fourth-order valence-electron chi connectivity index (χ4n) is 1.64. The van der Waals surface area contributed by atoms with Gasteiger partial charge < -0.3 is 5.11 Å². The number of rotatable bonds is 1. The third kappa shape index (κ3) is 1.44. The highest BCUT2D eigenvalue weighted by Gasteiger charge is 2.31. The average molecular weight is 203 g/mol. The van der Waals surface area contributed by atoms with Crippen molar-refractivity contribution in [3.8, 4) is 0 Å². The van der Waals surface area contributed by atoms with Gasteiger partial charge in [0.1, 0.15) is 11.3 Å². The van der Waals surface area contributed by atoms with E-state index in [1.165, 1.54) is 6.92 Å². The number of aliphatic hydroxyl groups is 1. The van der Waals surface area contributed by atoms with Crippen molar-refractivity contribution in [2.24, 2.45) is 10.9 Å². The minimum absolute atomic E-state index is 0.196. The molecule has 4 heteroatoms. The Bertz CT molecular complexity index is 466. The van der Waals surface area contributed by atoms with Crippen LogP contribution in [0, 0.1) is 5.92 Å². The van der Waals surface area contributed by atoms with E-state index in [0.29, 0.717) is 5.71 Å². The van der Waals surface area contributed by atoms with Crippen molar-refractivity contribution in [1.29, 1.82) is 0 Å². The van der Waals surface area contributed by atoms with Crippen LogP contribution in [0.25, 0.3) is 0 Å². The minimum atomic E-state index is -0.661. The van der Waals surface area contributed by atoms with Crippen molar-refractivity contribution in [1.82, 2.24) is 0 Å². The molecule has 1 unspecified atom stereocenters. The van der Waals surface area contributed by atoms with Gasteiger partial charge in [-0.2, -0.15) is 0 Å². The van der Waals surface area contributed by atoms with E-state index < -0.39 is 17.6 Å². The smallest absolute Gasteiger partial charge is 0.284 e. The van der Waals surface area contributed by atoms with E-state index in [9.17, 15) is 14.7 Å². The van der Waals surface area contributed by atoms with E-state index in [4.69, 9.17) is 0 Å². The zero-order chi connectivity index (χ0) is 11.0. The van der Waals surface area contributed by atoms with Gasteiger partial charge in [0.15, 0.2) is 5.78 Å². The van der Waals surface area contributed by atoms with Crippen molar-refractivity contribution in [2.75, 3.05) is 0 Å². The molecule has 0 saturated carbocycles. The number of hydrogen-bond acceptors (Lipinski definition) is 3. The molecule has 15 heavy (non-hydrogen) atoms. The van der Waals surface area contributed by atoms with Gasteiger partial charge in [-0.05, 0) is 13.0 Å². The van der Waals surface area contributed by atoms with E-state index in [0.717, 1.165) is 0 Å². The number of Topliss-reactive ketones (excluding diaryl/α,β-unsaturated/α-hetero) is 1. The van der Waals surface area contributed by atoms with Crippen LogP contribution in [-0.4, -0.2) is 22.5 Å². The van der Waals surface area contributed by atoms with Gasteiger partial charge in [-0.25, -0.2) is 4.99 Å². The van der Waals surface area contributed by atoms with Gasteiger partial charge in [0.2, 0.25) is 0 Å². The van der Waals surface area contributed by atoms with E-state index in [-0.39, 0.29) is 11.3 Å². The lowest BCUT2D eigenvalue weighted by Gasteiger charge is -2.20. The lowest BCUT2D eigenvalue weighted by molar-refractivity contribution is -0.120. The number of allylic oxidation sites excluding steroid dienone is 4. The van der Waals surface area contributed by atoms with Gasteiger partial charge in [-0.1, -0.05) is 18.2 Å². The van der Waals surface area contributed by atoms with Gasteiger partial charge >= 0.3 is 0 Å². The molecule has 0 bridgehead atoms. The molecule has 0 fully saturated rings. The number of carbonyl (C=O) groups excluding carboxylic acids is 2. The maximum atomic E-state index is 11.4. The predicted molar refractivity (Wildman–Crippen MR) is 54.5 cm³/mol. The van der Waals surface area contributed by atoms with E-state index in [2.05, 4.69) is 4.99 Å². The number of aliphatic imine (C=N–C) groups is 1. The number of hydrogen-bond donors (Lipinski definition) is 1. The summed E-state index contributed by atoms with van der Waals surface area (Å²) < 4.78 is 0. The molecule has 0 aromatic heterocycles. The highest BCUT2D eigenvalue weighted by molar-refractivity contribution is 6.25. The summed E-state index contributed by atoms with van der Waals surface area (Å²) in [6, 6.07) is 0. The molecular formula is C11H9NO3. The first kappa shape index (κ1) is 9.58. The summed E-state index contributed by atoms with van der Waals surface area (Å²) in [4.78, 5) is 26.3. The van der Waals surface area contributed by atoms with Gasteiger partial charge in [0, 0.05) is 0 Å². The van der Waals surface area contributed by atoms with Crippen LogP contribution in [0.3, 0.4) is 0 Å². The quantitative estimate of drug-likeness (QED) is 0.649. The maximum Gasteiger partial charge on any atom is 0.284 e. The topological polar surface area (TPSA) is 66.7 Å². The third-order valence-corrected chi connectivity index (χ3v) is 2.35. The van der Waals surface area contributed by atoms with Gasteiger partial charge in [-0.3, -0.25) is 9.59 Å². The summed E-state index contributed by atoms with van der Waals surface area (Å²) in [5.74, 6) is -1.76. The average Bonchev–Trinajstić information content (AvgIpc) is 2.17. The van der Waals surface area contributed by atoms with E-state index in [1.54, 1.807) is 24.3 Å². The minimum Gasteiger partial charge on any atom is -0.510 e. The molecule has 0 aromatic carbocycles. The van der Waals surface area contributed by atoms with Crippen LogP contribution in [0.5, 0.6) is 0 Å². The fourth-order valence-corrected chi connectivity index (χ4v) is 1.64. The molecule has 0 saturated heterocycles. The molecule has 1 aliphatic heterocycles. The first-order valence-corrected chi connectivity index (χ1v) is 4.53. The van der Waals surface area contributed by atoms with Crippen molar-refractivity contribution < 1.29 is 14.7 Å². The summed E-state index contributed by atoms with van der Waals surface area (Å²) in [6.45, 7) is 1.24. The number of fused-ring (bicyclic) bond motifs is 1. The second-order valence-corrected chi connectivity index (χ2v) is 3.38. The lowest BCUT2D eigenvalue weighted by atomic mass is 9.90. The number of dihydropyridines is 1. The zero-order valence-corrected chi connectivity index (χ0v) is 8.10. The van der Waals surface area contributed by atoms with Gasteiger partial charge in [0.05, 0.1) is 11.6 Å². The Kier molecular flexibility index (Phi) is 2.11. The molecule has 0 spiro atoms. The van der Waals surface area contributed by atoms with Crippen LogP contribution in [0.15, 0.2) is 40.6 Å². The number of nitrogens with zero attached hydrogens (tertiary/aromatic N) is 1. The van der Waals surface area contributed by atoms with E-state index >= 15 is 0 Å². The van der Waals surface area contributed by atoms with Crippen LogP contribution in [-0.2, 0) is 9.59 Å². The molecule has 2 rings (SSSR count). The molecule has 76 valence electrons. The highest BCUT2D eigenvalue weighted by atomic mass is 16.3. The fraction of sp³-hybridized carbons (Fsp3) is 0.182. The number of amides is 1. The molecule has 4 nitrogen and oxygen atoms in total. The Labute approximate surface area is 86.3 Å². The zero-order valence-electron chi connectivity index (χ0n) is 8.10. The maximum absolute atomic E-state index is 11.4. The number of ketones is 1. The lowest BCUT2D eigenvalue weighted by Crippen LogP contribution is -2.27. The first-order chi connectivity index (χ1) is 7.11. The summed E-state index contributed by atoms with van der Waals surface area (Å²) in [7, 11) is 0. The number of carbonyl (C=O) groups is 2. The molecule has 0 radical (unpaired) electrons. The second kappa shape index (κ2) is 3.31. The Balaban J connectivity index is 2.53. The number of aliphatic hydroxyl groups excluding tert-OH is 1. The summed E-state index contributed by atoms with van der Waals surface area (Å²) >= 11 is 0. The summed E-state index contributed by atoms with van der Waals surface area (Å²) in [5, 5.41) is 9.78. The molecule has 1 heterocycles. The van der Waals surface area contributed by atoms with E-state index in [1.807, 2.05) is 0 Å². The van der Waals surface area contributed by atoms with Crippen LogP contribution in [0.4, 0.5) is 0 Å². The molecule has 1 amide bonds. The van der Waals surface area contributed by atoms with Crippen molar-refractivity contribution in [3.05, 3.63) is 35.6 Å². The molecule has 1 N–H and O–H groups in total. The molecule has 2 aliphatic rings. The first-order valence-electron chi connectivity index (χ1n) is 4.53. The Morgan fingerprint density at radius 1 is 1.47 bits per heavy atom. The Hall–Kier alpha value is -1.97. The highest BCUT2D eigenvalue weighted by Crippen LogP contribution is 2.25. The molecule has 0 aromatic rings. The van der Waals surface area contributed by atoms with Crippen LogP contribution < -0.4 is 0 Å². The Morgan fingerprint density at radius 3 is 2.87 bits per heavy atom. The van der Waals surface area contributed by atoms with Crippen molar-refractivity contribution >= 4 is 17.4 Å². The SMILES string of the molecule is CC(=O)C1=C(O)C2C=CC=CC2=NC1=O. The molecule has 1 atom stereocenters. The monoisotopic (exact) mass is 203 g/mol. The normalized spacial score (nSPS) is 23.9. The van der Waals surface area contributed by atoms with Gasteiger partial charge in [-0.15, -0.1) is 0 Å². The second-order valence-electron chi connectivity index (χ2n) is 3.38. The van der Waals surface area contributed by atoms with Crippen molar-refractivity contribution in [3.63, 3.8) is 0 Å². The summed E-state index contributed by atoms with van der Waals surface area (Å²) in [5.41, 5.74) is 0.272. The van der Waals surface area contributed by atoms with Crippen LogP contribution in [0.1, 0.15) is 6.92 Å². The van der Waals surface area contributed by atoms with Crippen molar-refractivity contribution in [2.45, 2.75) is 6.92 Å². The third-order valence-electron chi connectivity index (χ3n) is 2.35. The predicted octanol–water partition coefficient (Wildman–Crippen LogP) is 1.11. The molecular weight excluding hydrogens is 194 g/mol. The summed E-state index contributed by atoms with van der Waals surface area (Å²) in [6.07, 6.45) is 6.82. The Morgan fingerprint density at radius 2 is 2.20 bits per heavy atom. The largest absolute Gasteiger partial charge is 0.510 e.